The molecular formula is C15H15NO2S. The van der Waals surface area contributed by atoms with Crippen LogP contribution in [0.5, 0.6) is 0 Å². The highest BCUT2D eigenvalue weighted by Crippen LogP contribution is 2.12. The van der Waals surface area contributed by atoms with Gasteiger partial charge in [0.25, 0.3) is 10.0 Å². The molecule has 0 N–H and O–H groups in total. The zero-order valence-electron chi connectivity index (χ0n) is 10.7. The van der Waals surface area contributed by atoms with Gasteiger partial charge in [0.05, 0.1) is 4.90 Å². The summed E-state index contributed by atoms with van der Waals surface area (Å²) in [6, 6.07) is 16.3. The van der Waals surface area contributed by atoms with Gasteiger partial charge < -0.3 is 0 Å². The lowest BCUT2D eigenvalue weighted by Gasteiger charge is -1.99. The van der Waals surface area contributed by atoms with Gasteiger partial charge in [0.2, 0.25) is 0 Å². The van der Waals surface area contributed by atoms with Crippen LogP contribution in [0.1, 0.15) is 11.1 Å². The Balaban J connectivity index is 2.11. The van der Waals surface area contributed by atoms with Crippen molar-refractivity contribution in [1.29, 1.82) is 0 Å². The Labute approximate surface area is 113 Å². The average molecular weight is 273 g/mol. The van der Waals surface area contributed by atoms with E-state index in [9.17, 15) is 8.42 Å². The molecule has 0 aliphatic carbocycles. The molecule has 0 bridgehead atoms. The Hall–Kier alpha value is -1.94. The predicted octanol–water partition coefficient (Wildman–Crippen LogP) is 3.00. The Morgan fingerprint density at radius 3 is 2.26 bits per heavy atom. The Bertz CT molecular complexity index is 659. The van der Waals surface area contributed by atoms with Crippen LogP contribution in [0.25, 0.3) is 0 Å². The number of hydrogen-bond acceptors (Lipinski definition) is 2. The van der Waals surface area contributed by atoms with E-state index in [-0.39, 0.29) is 4.90 Å². The number of aryl methyl sites for hydroxylation is 1. The first-order valence-corrected chi connectivity index (χ1v) is 7.41. The largest absolute Gasteiger partial charge is 0.281 e. The van der Waals surface area contributed by atoms with Gasteiger partial charge in [-0.15, -0.1) is 0 Å². The minimum Gasteiger partial charge on any atom is -0.199 e. The minimum atomic E-state index is -3.58. The van der Waals surface area contributed by atoms with Gasteiger partial charge in [-0.05, 0) is 24.6 Å². The molecule has 0 atom stereocenters. The molecule has 2 rings (SSSR count). The van der Waals surface area contributed by atoms with Crippen molar-refractivity contribution in [2.75, 3.05) is 0 Å². The van der Waals surface area contributed by atoms with Gasteiger partial charge in [0.15, 0.2) is 0 Å². The van der Waals surface area contributed by atoms with Crippen molar-refractivity contribution in [3.05, 3.63) is 65.7 Å². The summed E-state index contributed by atoms with van der Waals surface area (Å²) in [4.78, 5) is 0.224. The molecular weight excluding hydrogens is 258 g/mol. The maximum absolute atomic E-state index is 11.9. The molecule has 0 amide bonds. The number of rotatable bonds is 4. The smallest absolute Gasteiger partial charge is 0.199 e. The Kier molecular flexibility index (Phi) is 4.12. The molecule has 3 nitrogen and oxygen atoms in total. The molecule has 0 aliphatic heterocycles. The van der Waals surface area contributed by atoms with Gasteiger partial charge in [-0.1, -0.05) is 48.0 Å². The molecule has 0 aliphatic rings. The highest BCUT2D eigenvalue weighted by atomic mass is 32.2. The molecule has 0 saturated heterocycles. The second kappa shape index (κ2) is 5.80. The summed E-state index contributed by atoms with van der Waals surface area (Å²) in [6.07, 6.45) is 1.94. The van der Waals surface area contributed by atoms with Crippen molar-refractivity contribution in [1.82, 2.24) is 0 Å². The van der Waals surface area contributed by atoms with E-state index in [0.717, 1.165) is 11.1 Å². The fraction of sp³-hybridized carbons (Fsp3) is 0.133. The first kappa shape index (κ1) is 13.5. The fourth-order valence-electron chi connectivity index (χ4n) is 1.63. The normalized spacial score (nSPS) is 11.8. The second-order valence-corrected chi connectivity index (χ2v) is 5.90. The SMILES string of the molecule is Cc1ccc(S(=O)(=O)N=CCc2ccccc2)cc1. The summed E-state index contributed by atoms with van der Waals surface area (Å²) >= 11 is 0. The van der Waals surface area contributed by atoms with Crippen LogP contribution in [0.2, 0.25) is 0 Å². The molecule has 0 spiro atoms. The number of benzene rings is 2. The highest BCUT2D eigenvalue weighted by Gasteiger charge is 2.10. The second-order valence-electron chi connectivity index (χ2n) is 4.27. The molecule has 0 radical (unpaired) electrons. The molecule has 2 aromatic rings. The highest BCUT2D eigenvalue weighted by molar-refractivity contribution is 7.90. The lowest BCUT2D eigenvalue weighted by molar-refractivity contribution is 0.598. The van der Waals surface area contributed by atoms with E-state index in [4.69, 9.17) is 0 Å². The van der Waals surface area contributed by atoms with Crippen LogP contribution in [0.3, 0.4) is 0 Å². The lowest BCUT2D eigenvalue weighted by atomic mass is 10.2. The van der Waals surface area contributed by atoms with Crippen LogP contribution in [0.15, 0.2) is 63.9 Å². The summed E-state index contributed by atoms with van der Waals surface area (Å²) in [5, 5.41) is 0. The third kappa shape index (κ3) is 3.76. The topological polar surface area (TPSA) is 46.5 Å². The minimum absolute atomic E-state index is 0.224. The maximum atomic E-state index is 11.9. The van der Waals surface area contributed by atoms with E-state index in [2.05, 4.69) is 4.40 Å². The Morgan fingerprint density at radius 1 is 1.00 bits per heavy atom. The van der Waals surface area contributed by atoms with Crippen LogP contribution >= 0.6 is 0 Å². The number of hydrogen-bond donors (Lipinski definition) is 0. The van der Waals surface area contributed by atoms with E-state index in [1.54, 1.807) is 24.3 Å². The molecule has 19 heavy (non-hydrogen) atoms. The van der Waals surface area contributed by atoms with Crippen LogP contribution in [0, 0.1) is 6.92 Å². The zero-order valence-corrected chi connectivity index (χ0v) is 11.5. The first-order chi connectivity index (χ1) is 9.08. The monoisotopic (exact) mass is 273 g/mol. The molecule has 0 fully saturated rings. The first-order valence-electron chi connectivity index (χ1n) is 5.97. The third-order valence-corrected chi connectivity index (χ3v) is 4.00. The summed E-state index contributed by atoms with van der Waals surface area (Å²) in [6.45, 7) is 1.91. The third-order valence-electron chi connectivity index (χ3n) is 2.70. The van der Waals surface area contributed by atoms with Crippen LogP contribution < -0.4 is 0 Å². The van der Waals surface area contributed by atoms with Crippen molar-refractivity contribution in [3.8, 4) is 0 Å². The van der Waals surface area contributed by atoms with Crippen molar-refractivity contribution < 1.29 is 8.42 Å². The summed E-state index contributed by atoms with van der Waals surface area (Å²) < 4.78 is 27.6. The van der Waals surface area contributed by atoms with Gasteiger partial charge in [-0.2, -0.15) is 12.8 Å². The molecule has 98 valence electrons. The molecule has 0 aromatic heterocycles. The maximum Gasteiger partial charge on any atom is 0.281 e. The molecule has 0 unspecified atom stereocenters. The van der Waals surface area contributed by atoms with Crippen molar-refractivity contribution in [2.45, 2.75) is 18.2 Å². The van der Waals surface area contributed by atoms with Gasteiger partial charge in [-0.25, -0.2) is 0 Å². The van der Waals surface area contributed by atoms with Gasteiger partial charge in [0.1, 0.15) is 0 Å². The van der Waals surface area contributed by atoms with Crippen LogP contribution in [-0.4, -0.2) is 14.6 Å². The standard InChI is InChI=1S/C15H15NO2S/c1-13-7-9-15(10-8-13)19(17,18)16-12-11-14-5-3-2-4-6-14/h2-10,12H,11H2,1H3. The van der Waals surface area contributed by atoms with E-state index in [0.29, 0.717) is 6.42 Å². The van der Waals surface area contributed by atoms with E-state index < -0.39 is 10.0 Å². The van der Waals surface area contributed by atoms with E-state index in [1.807, 2.05) is 37.3 Å². The van der Waals surface area contributed by atoms with Crippen molar-refractivity contribution in [2.24, 2.45) is 4.40 Å². The van der Waals surface area contributed by atoms with Gasteiger partial charge in [-0.3, -0.25) is 0 Å². The number of nitrogens with zero attached hydrogens (tertiary/aromatic N) is 1. The van der Waals surface area contributed by atoms with Crippen molar-refractivity contribution in [3.63, 3.8) is 0 Å². The van der Waals surface area contributed by atoms with Crippen molar-refractivity contribution >= 4 is 16.2 Å². The molecule has 2 aromatic carbocycles. The Morgan fingerprint density at radius 2 is 1.63 bits per heavy atom. The molecule has 0 saturated carbocycles. The lowest BCUT2D eigenvalue weighted by Crippen LogP contribution is -1.98. The van der Waals surface area contributed by atoms with Crippen LogP contribution in [0.4, 0.5) is 0 Å². The van der Waals surface area contributed by atoms with Gasteiger partial charge >= 0.3 is 0 Å². The number of sulfonamides is 1. The van der Waals surface area contributed by atoms with Crippen LogP contribution in [-0.2, 0) is 16.4 Å². The molecule has 0 heterocycles. The quantitative estimate of drug-likeness (QED) is 0.804. The summed E-state index contributed by atoms with van der Waals surface area (Å²) in [5.74, 6) is 0. The fourth-order valence-corrected chi connectivity index (χ4v) is 2.50. The summed E-state index contributed by atoms with van der Waals surface area (Å²) in [7, 11) is -3.58. The van der Waals surface area contributed by atoms with E-state index in [1.165, 1.54) is 6.21 Å². The molecule has 4 heteroatoms. The predicted molar refractivity (Wildman–Crippen MR) is 77.0 cm³/mol. The van der Waals surface area contributed by atoms with Gasteiger partial charge in [0, 0.05) is 12.6 Å². The summed E-state index contributed by atoms with van der Waals surface area (Å²) in [5.41, 5.74) is 2.05. The zero-order chi connectivity index (χ0) is 13.7. The van der Waals surface area contributed by atoms with E-state index >= 15 is 0 Å². The average Bonchev–Trinajstić information content (AvgIpc) is 2.40.